The topological polar surface area (TPSA) is 60.2 Å². The highest BCUT2D eigenvalue weighted by molar-refractivity contribution is 5.37. The minimum absolute atomic E-state index is 0.117. The number of nitrogens with one attached hydrogen (secondary N) is 1. The maximum Gasteiger partial charge on any atom is 0.243 e. The van der Waals surface area contributed by atoms with Crippen molar-refractivity contribution in [2.24, 2.45) is 0 Å². The first-order chi connectivity index (χ1) is 9.90. The highest BCUT2D eigenvalue weighted by Gasteiger charge is 2.29. The summed E-state index contributed by atoms with van der Waals surface area (Å²) < 4.78 is 11.3. The Hall–Kier alpha value is -1.88. The molecular formula is C15H17N3O2. The van der Waals surface area contributed by atoms with Crippen LogP contribution in [0.4, 0.5) is 0 Å². The van der Waals surface area contributed by atoms with E-state index in [1.54, 1.807) is 0 Å². The van der Waals surface area contributed by atoms with Gasteiger partial charge in [0.2, 0.25) is 11.7 Å². The number of hydrogen-bond acceptors (Lipinski definition) is 5. The zero-order valence-electron chi connectivity index (χ0n) is 11.2. The fourth-order valence-electron chi connectivity index (χ4n) is 2.91. The van der Waals surface area contributed by atoms with Crippen LogP contribution >= 0.6 is 0 Å². The second-order valence-corrected chi connectivity index (χ2v) is 5.41. The van der Waals surface area contributed by atoms with Crippen LogP contribution in [0.1, 0.15) is 48.7 Å². The molecule has 2 aliphatic rings. The molecule has 2 atom stereocenters. The molecule has 0 bridgehead atoms. The minimum atomic E-state index is -0.117. The number of aromatic nitrogens is 2. The minimum Gasteiger partial charge on any atom is -0.482 e. The van der Waals surface area contributed by atoms with E-state index in [0.29, 0.717) is 11.7 Å². The molecule has 1 aromatic heterocycles. The third-order valence-corrected chi connectivity index (χ3v) is 4.00. The first-order valence-electron chi connectivity index (χ1n) is 7.21. The highest BCUT2D eigenvalue weighted by Crippen LogP contribution is 2.35. The van der Waals surface area contributed by atoms with E-state index in [-0.39, 0.29) is 12.1 Å². The summed E-state index contributed by atoms with van der Waals surface area (Å²) in [6, 6.07) is 8.28. The molecule has 3 heterocycles. The lowest BCUT2D eigenvalue weighted by Gasteiger charge is -2.19. The van der Waals surface area contributed by atoms with Gasteiger partial charge in [-0.3, -0.25) is 0 Å². The van der Waals surface area contributed by atoms with Crippen LogP contribution in [-0.4, -0.2) is 16.7 Å². The molecule has 20 heavy (non-hydrogen) atoms. The summed E-state index contributed by atoms with van der Waals surface area (Å²) >= 11 is 0. The van der Waals surface area contributed by atoms with Crippen molar-refractivity contribution in [3.63, 3.8) is 0 Å². The van der Waals surface area contributed by atoms with Gasteiger partial charge in [0.25, 0.3) is 0 Å². The quantitative estimate of drug-likeness (QED) is 0.909. The Kier molecular flexibility index (Phi) is 2.92. The van der Waals surface area contributed by atoms with Crippen molar-refractivity contribution in [1.29, 1.82) is 0 Å². The molecule has 1 N–H and O–H groups in total. The molecule has 104 valence electrons. The number of para-hydroxylation sites is 1. The summed E-state index contributed by atoms with van der Waals surface area (Å²) in [6.07, 6.45) is 4.19. The molecule has 0 saturated carbocycles. The van der Waals surface area contributed by atoms with Gasteiger partial charge in [-0.25, -0.2) is 0 Å². The molecule has 2 aliphatic heterocycles. The SMILES string of the molecule is c1ccc2c(c1)CC(c1noc(C3CCCCN3)n1)O2. The number of fused-ring (bicyclic) bond motifs is 1. The molecule has 1 saturated heterocycles. The van der Waals surface area contributed by atoms with Gasteiger partial charge in [-0.2, -0.15) is 4.98 Å². The molecule has 2 unspecified atom stereocenters. The predicted molar refractivity (Wildman–Crippen MR) is 72.4 cm³/mol. The van der Waals surface area contributed by atoms with E-state index in [0.717, 1.165) is 25.1 Å². The van der Waals surface area contributed by atoms with Gasteiger partial charge < -0.3 is 14.6 Å². The summed E-state index contributed by atoms with van der Waals surface area (Å²) in [6.45, 7) is 1.02. The van der Waals surface area contributed by atoms with Crippen molar-refractivity contribution in [3.05, 3.63) is 41.5 Å². The molecule has 5 heteroatoms. The van der Waals surface area contributed by atoms with E-state index < -0.39 is 0 Å². The molecule has 4 rings (SSSR count). The number of piperidine rings is 1. The summed E-state index contributed by atoms with van der Waals surface area (Å²) in [4.78, 5) is 4.53. The summed E-state index contributed by atoms with van der Waals surface area (Å²) in [7, 11) is 0. The highest BCUT2D eigenvalue weighted by atomic mass is 16.5. The Morgan fingerprint density at radius 1 is 1.20 bits per heavy atom. The van der Waals surface area contributed by atoms with Gasteiger partial charge in [0.1, 0.15) is 5.75 Å². The summed E-state index contributed by atoms with van der Waals surface area (Å²) in [5.41, 5.74) is 1.21. The summed E-state index contributed by atoms with van der Waals surface area (Å²) in [5, 5.41) is 7.52. The normalized spacial score (nSPS) is 25.2. The van der Waals surface area contributed by atoms with Crippen LogP contribution in [0.3, 0.4) is 0 Å². The van der Waals surface area contributed by atoms with Gasteiger partial charge in [0, 0.05) is 6.42 Å². The molecule has 0 spiro atoms. The van der Waals surface area contributed by atoms with Crippen molar-refractivity contribution in [3.8, 4) is 5.75 Å². The lowest BCUT2D eigenvalue weighted by atomic mass is 10.1. The maximum absolute atomic E-state index is 5.89. The monoisotopic (exact) mass is 271 g/mol. The predicted octanol–water partition coefficient (Wildman–Crippen LogP) is 2.56. The van der Waals surface area contributed by atoms with Crippen molar-refractivity contribution >= 4 is 0 Å². The average Bonchev–Trinajstić information content (AvgIpc) is 3.14. The Balaban J connectivity index is 1.52. The van der Waals surface area contributed by atoms with Crippen molar-refractivity contribution in [1.82, 2.24) is 15.5 Å². The van der Waals surface area contributed by atoms with Crippen LogP contribution in [0.5, 0.6) is 5.75 Å². The smallest absolute Gasteiger partial charge is 0.243 e. The van der Waals surface area contributed by atoms with Crippen molar-refractivity contribution in [2.45, 2.75) is 37.8 Å². The Labute approximate surface area is 117 Å². The Morgan fingerprint density at radius 2 is 2.15 bits per heavy atom. The molecule has 2 aromatic rings. The number of benzene rings is 1. The van der Waals surface area contributed by atoms with Crippen LogP contribution in [0, 0.1) is 0 Å². The van der Waals surface area contributed by atoms with Crippen LogP contribution < -0.4 is 10.1 Å². The van der Waals surface area contributed by atoms with E-state index in [1.807, 2.05) is 18.2 Å². The molecule has 1 fully saturated rings. The van der Waals surface area contributed by atoms with E-state index in [1.165, 1.54) is 18.4 Å². The van der Waals surface area contributed by atoms with Crippen LogP contribution in [0.15, 0.2) is 28.8 Å². The number of rotatable bonds is 2. The van der Waals surface area contributed by atoms with E-state index in [2.05, 4.69) is 21.5 Å². The van der Waals surface area contributed by atoms with Crippen LogP contribution in [0.25, 0.3) is 0 Å². The fourth-order valence-corrected chi connectivity index (χ4v) is 2.91. The van der Waals surface area contributed by atoms with Gasteiger partial charge in [-0.15, -0.1) is 0 Å². The van der Waals surface area contributed by atoms with Crippen molar-refractivity contribution < 1.29 is 9.26 Å². The van der Waals surface area contributed by atoms with Gasteiger partial charge in [-0.1, -0.05) is 29.8 Å². The molecule has 0 amide bonds. The van der Waals surface area contributed by atoms with Gasteiger partial charge in [-0.05, 0) is 31.0 Å². The van der Waals surface area contributed by atoms with Crippen LogP contribution in [-0.2, 0) is 6.42 Å². The Morgan fingerprint density at radius 3 is 3.00 bits per heavy atom. The van der Waals surface area contributed by atoms with E-state index in [9.17, 15) is 0 Å². The second-order valence-electron chi connectivity index (χ2n) is 5.41. The van der Waals surface area contributed by atoms with E-state index in [4.69, 9.17) is 9.26 Å². The van der Waals surface area contributed by atoms with Crippen LogP contribution in [0.2, 0.25) is 0 Å². The molecule has 1 aromatic carbocycles. The van der Waals surface area contributed by atoms with Gasteiger partial charge in [0.15, 0.2) is 6.10 Å². The first-order valence-corrected chi connectivity index (χ1v) is 7.21. The third-order valence-electron chi connectivity index (χ3n) is 4.00. The largest absolute Gasteiger partial charge is 0.482 e. The zero-order valence-corrected chi connectivity index (χ0v) is 11.2. The molecule has 0 aliphatic carbocycles. The van der Waals surface area contributed by atoms with Crippen molar-refractivity contribution in [2.75, 3.05) is 6.54 Å². The second kappa shape index (κ2) is 4.90. The molecular weight excluding hydrogens is 254 g/mol. The van der Waals surface area contributed by atoms with E-state index >= 15 is 0 Å². The Bertz CT molecular complexity index is 580. The third kappa shape index (κ3) is 2.08. The van der Waals surface area contributed by atoms with Gasteiger partial charge in [0.05, 0.1) is 6.04 Å². The average molecular weight is 271 g/mol. The summed E-state index contributed by atoms with van der Waals surface area (Å²) in [5.74, 6) is 2.28. The zero-order chi connectivity index (χ0) is 13.4. The van der Waals surface area contributed by atoms with Gasteiger partial charge >= 0.3 is 0 Å². The standard InChI is InChI=1S/C15H17N3O2/c1-2-7-12-10(5-1)9-13(19-12)14-17-15(20-18-14)11-6-3-4-8-16-11/h1-2,5,7,11,13,16H,3-4,6,8-9H2. The lowest BCUT2D eigenvalue weighted by Crippen LogP contribution is -2.27. The number of ether oxygens (including phenoxy) is 1. The fraction of sp³-hybridized carbons (Fsp3) is 0.467. The molecule has 5 nitrogen and oxygen atoms in total. The molecule has 0 radical (unpaired) electrons. The number of nitrogens with zero attached hydrogens (tertiary/aromatic N) is 2. The lowest BCUT2D eigenvalue weighted by molar-refractivity contribution is 0.220. The first kappa shape index (κ1) is 11.9. The maximum atomic E-state index is 5.89. The number of hydrogen-bond donors (Lipinski definition) is 1.